The molecule has 0 saturated heterocycles. The summed E-state index contributed by atoms with van der Waals surface area (Å²) in [6.45, 7) is 6.43. The molecule has 1 atom stereocenters. The highest BCUT2D eigenvalue weighted by molar-refractivity contribution is 5.16. The van der Waals surface area contributed by atoms with Crippen LogP contribution in [0.15, 0.2) is 24.5 Å². The maximum Gasteiger partial charge on any atom is 0.0474 e. The summed E-state index contributed by atoms with van der Waals surface area (Å²) in [6.07, 6.45) is 7.65. The number of rotatable bonds is 7. The summed E-state index contributed by atoms with van der Waals surface area (Å²) in [6, 6.07) is 5.31. The van der Waals surface area contributed by atoms with Crippen LogP contribution in [0.25, 0.3) is 0 Å². The highest BCUT2D eigenvalue weighted by Crippen LogP contribution is 2.34. The van der Waals surface area contributed by atoms with E-state index in [2.05, 4.69) is 35.9 Å². The van der Waals surface area contributed by atoms with Crippen molar-refractivity contribution in [3.63, 3.8) is 0 Å². The van der Waals surface area contributed by atoms with Gasteiger partial charge in [-0.2, -0.15) is 0 Å². The van der Waals surface area contributed by atoms with Crippen molar-refractivity contribution in [3.05, 3.63) is 30.1 Å². The lowest BCUT2D eigenvalue weighted by Crippen LogP contribution is -2.36. The van der Waals surface area contributed by atoms with Gasteiger partial charge in [0.2, 0.25) is 0 Å². The fraction of sp³-hybridized carbons (Fsp3) is 0.667. The predicted molar refractivity (Wildman–Crippen MR) is 75.2 cm³/mol. The molecule has 0 aromatic carbocycles. The Labute approximate surface area is 110 Å². The van der Waals surface area contributed by atoms with Gasteiger partial charge in [0.1, 0.15) is 0 Å². The third-order valence-electron chi connectivity index (χ3n) is 3.70. The number of hydrogen-bond donors (Lipinski definition) is 1. The molecule has 1 fully saturated rings. The van der Waals surface area contributed by atoms with Crippen LogP contribution in [0, 0.1) is 5.92 Å². The Hall–Kier alpha value is -0.930. The van der Waals surface area contributed by atoms with Crippen molar-refractivity contribution < 1.29 is 0 Å². The Balaban J connectivity index is 2.07. The van der Waals surface area contributed by atoms with Gasteiger partial charge >= 0.3 is 0 Å². The number of hydrogen-bond acceptors (Lipinski definition) is 3. The Kier molecular flexibility index (Phi) is 4.72. The normalized spacial score (nSPS) is 17.4. The van der Waals surface area contributed by atoms with E-state index < -0.39 is 0 Å². The van der Waals surface area contributed by atoms with Gasteiger partial charge in [0.15, 0.2) is 0 Å². The Bertz CT molecular complexity index is 346. The molecule has 3 nitrogen and oxygen atoms in total. The summed E-state index contributed by atoms with van der Waals surface area (Å²) in [5.74, 6) is 0.752. The second kappa shape index (κ2) is 6.30. The first-order valence-electron chi connectivity index (χ1n) is 7.08. The molecule has 2 N–H and O–H groups in total. The zero-order chi connectivity index (χ0) is 13.0. The highest BCUT2D eigenvalue weighted by atomic mass is 15.2. The van der Waals surface area contributed by atoms with E-state index in [4.69, 9.17) is 5.73 Å². The van der Waals surface area contributed by atoms with Crippen LogP contribution in [-0.2, 0) is 0 Å². The van der Waals surface area contributed by atoms with Gasteiger partial charge in [0.25, 0.3) is 0 Å². The predicted octanol–water partition coefficient (Wildman–Crippen LogP) is 2.59. The lowest BCUT2D eigenvalue weighted by Gasteiger charge is -2.32. The highest BCUT2D eigenvalue weighted by Gasteiger charge is 2.33. The Morgan fingerprint density at radius 1 is 1.33 bits per heavy atom. The third-order valence-corrected chi connectivity index (χ3v) is 3.70. The smallest absolute Gasteiger partial charge is 0.0474 e. The SMILES string of the molecule is CC(C)CCN(C1CC1)C(CN)c1ccncc1. The minimum atomic E-state index is 0.360. The van der Waals surface area contributed by atoms with E-state index >= 15 is 0 Å². The zero-order valence-electron chi connectivity index (χ0n) is 11.5. The molecule has 2 rings (SSSR count). The largest absolute Gasteiger partial charge is 0.329 e. The fourth-order valence-corrected chi connectivity index (χ4v) is 2.45. The maximum atomic E-state index is 6.02. The van der Waals surface area contributed by atoms with E-state index in [1.165, 1.54) is 24.8 Å². The molecule has 0 amide bonds. The van der Waals surface area contributed by atoms with E-state index in [9.17, 15) is 0 Å². The second-order valence-corrected chi connectivity index (χ2v) is 5.68. The van der Waals surface area contributed by atoms with Crippen LogP contribution in [0.5, 0.6) is 0 Å². The molecule has 0 bridgehead atoms. The first kappa shape index (κ1) is 13.5. The van der Waals surface area contributed by atoms with Crippen molar-refractivity contribution in [2.75, 3.05) is 13.1 Å². The molecule has 18 heavy (non-hydrogen) atoms. The lowest BCUT2D eigenvalue weighted by molar-refractivity contribution is 0.180. The van der Waals surface area contributed by atoms with Gasteiger partial charge in [-0.15, -0.1) is 0 Å². The number of nitrogens with two attached hydrogens (primary N) is 1. The van der Waals surface area contributed by atoms with Gasteiger partial charge in [-0.25, -0.2) is 0 Å². The number of nitrogens with zero attached hydrogens (tertiary/aromatic N) is 2. The minimum absolute atomic E-state index is 0.360. The summed E-state index contributed by atoms with van der Waals surface area (Å²) in [5, 5.41) is 0. The van der Waals surface area contributed by atoms with Crippen LogP contribution in [0.4, 0.5) is 0 Å². The van der Waals surface area contributed by atoms with Gasteiger partial charge in [-0.3, -0.25) is 9.88 Å². The summed E-state index contributed by atoms with van der Waals surface area (Å²) < 4.78 is 0. The molecular formula is C15H25N3. The van der Waals surface area contributed by atoms with Gasteiger partial charge < -0.3 is 5.73 Å². The van der Waals surface area contributed by atoms with Gasteiger partial charge in [-0.1, -0.05) is 13.8 Å². The fourth-order valence-electron chi connectivity index (χ4n) is 2.45. The second-order valence-electron chi connectivity index (χ2n) is 5.68. The maximum absolute atomic E-state index is 6.02. The van der Waals surface area contributed by atoms with Crippen molar-refractivity contribution in [1.29, 1.82) is 0 Å². The molecule has 0 spiro atoms. The van der Waals surface area contributed by atoms with E-state index in [0.29, 0.717) is 12.6 Å². The molecule has 3 heteroatoms. The van der Waals surface area contributed by atoms with Crippen molar-refractivity contribution >= 4 is 0 Å². The molecule has 1 heterocycles. The Morgan fingerprint density at radius 2 is 2.00 bits per heavy atom. The third kappa shape index (κ3) is 3.53. The van der Waals surface area contributed by atoms with Gasteiger partial charge in [-0.05, 0) is 49.4 Å². The monoisotopic (exact) mass is 247 g/mol. The first-order valence-corrected chi connectivity index (χ1v) is 7.08. The quantitative estimate of drug-likeness (QED) is 0.805. The average Bonchev–Trinajstić information content (AvgIpc) is 3.19. The summed E-state index contributed by atoms with van der Waals surface area (Å²) in [4.78, 5) is 6.70. The molecule has 0 aliphatic heterocycles. The van der Waals surface area contributed by atoms with E-state index in [1.807, 2.05) is 12.4 Å². The van der Waals surface area contributed by atoms with Crippen LogP contribution >= 0.6 is 0 Å². The van der Waals surface area contributed by atoms with E-state index in [1.54, 1.807) is 0 Å². The van der Waals surface area contributed by atoms with Crippen molar-refractivity contribution in [1.82, 2.24) is 9.88 Å². The van der Waals surface area contributed by atoms with Crippen LogP contribution < -0.4 is 5.73 Å². The van der Waals surface area contributed by atoms with Gasteiger partial charge in [0.05, 0.1) is 0 Å². The Morgan fingerprint density at radius 3 is 2.50 bits per heavy atom. The summed E-state index contributed by atoms with van der Waals surface area (Å²) in [7, 11) is 0. The standard InChI is InChI=1S/C15H25N3/c1-12(2)7-10-18(14-3-4-14)15(11-16)13-5-8-17-9-6-13/h5-6,8-9,12,14-15H,3-4,7,10-11,16H2,1-2H3. The van der Waals surface area contributed by atoms with Crippen LogP contribution in [0.2, 0.25) is 0 Å². The van der Waals surface area contributed by atoms with Crippen molar-refractivity contribution in [2.24, 2.45) is 11.7 Å². The van der Waals surface area contributed by atoms with Gasteiger partial charge in [0, 0.05) is 31.0 Å². The molecular weight excluding hydrogens is 222 g/mol. The van der Waals surface area contributed by atoms with Crippen LogP contribution in [0.3, 0.4) is 0 Å². The molecule has 0 radical (unpaired) electrons. The van der Waals surface area contributed by atoms with E-state index in [0.717, 1.165) is 18.5 Å². The van der Waals surface area contributed by atoms with E-state index in [-0.39, 0.29) is 0 Å². The number of pyridine rings is 1. The molecule has 100 valence electrons. The topological polar surface area (TPSA) is 42.1 Å². The molecule has 1 aromatic heterocycles. The lowest BCUT2D eigenvalue weighted by atomic mass is 10.0. The number of aromatic nitrogens is 1. The molecule has 1 aromatic rings. The molecule has 1 aliphatic carbocycles. The van der Waals surface area contributed by atoms with Crippen LogP contribution in [-0.4, -0.2) is 29.0 Å². The van der Waals surface area contributed by atoms with Crippen LogP contribution in [0.1, 0.15) is 44.7 Å². The zero-order valence-corrected chi connectivity index (χ0v) is 11.5. The van der Waals surface area contributed by atoms with Crippen molar-refractivity contribution in [3.8, 4) is 0 Å². The first-order chi connectivity index (χ1) is 8.72. The molecule has 1 unspecified atom stereocenters. The summed E-state index contributed by atoms with van der Waals surface area (Å²) >= 11 is 0. The minimum Gasteiger partial charge on any atom is -0.329 e. The van der Waals surface area contributed by atoms with Crippen molar-refractivity contribution in [2.45, 2.75) is 45.2 Å². The molecule has 1 saturated carbocycles. The summed E-state index contributed by atoms with van der Waals surface area (Å²) in [5.41, 5.74) is 7.32. The molecule has 1 aliphatic rings. The average molecular weight is 247 g/mol.